The predicted molar refractivity (Wildman–Crippen MR) is 125 cm³/mol. The van der Waals surface area contributed by atoms with Crippen LogP contribution in [0.2, 0.25) is 0 Å². The number of carbonyl (C=O) groups is 3. The number of amides is 1. The molecule has 0 unspecified atom stereocenters. The van der Waals surface area contributed by atoms with Crippen LogP contribution in [0.15, 0.2) is 60.7 Å². The van der Waals surface area contributed by atoms with Crippen LogP contribution in [-0.4, -0.2) is 35.9 Å². The Balaban J connectivity index is 2.11. The second kappa shape index (κ2) is 9.16. The average molecular weight is 444 g/mol. The molecule has 4 aromatic rings. The fraction of sp³-hybridized carbons (Fsp3) is 0.192. The van der Waals surface area contributed by atoms with Crippen LogP contribution in [0.1, 0.15) is 28.5 Å². The summed E-state index contributed by atoms with van der Waals surface area (Å²) in [6.45, 7) is 2.07. The van der Waals surface area contributed by atoms with Crippen LogP contribution in [0.4, 0.5) is 0 Å². The molecule has 1 aromatic heterocycles. The molecular formula is C26H24N2O5. The van der Waals surface area contributed by atoms with Crippen LogP contribution in [0, 0.1) is 0 Å². The molecule has 168 valence electrons. The number of rotatable bonds is 8. The van der Waals surface area contributed by atoms with E-state index in [4.69, 9.17) is 15.2 Å². The largest absolute Gasteiger partial charge is 0.481 e. The summed E-state index contributed by atoms with van der Waals surface area (Å²) in [6, 6.07) is 19.3. The fourth-order valence-corrected chi connectivity index (χ4v) is 4.22. The van der Waals surface area contributed by atoms with Crippen molar-refractivity contribution in [3.8, 4) is 5.75 Å². The van der Waals surface area contributed by atoms with Crippen LogP contribution < -0.4 is 10.5 Å². The topological polar surface area (TPSA) is 101 Å². The first-order chi connectivity index (χ1) is 16.0. The van der Waals surface area contributed by atoms with Crippen LogP contribution in [0.5, 0.6) is 5.75 Å². The lowest BCUT2D eigenvalue weighted by molar-refractivity contribution is -0.142. The van der Waals surface area contributed by atoms with Gasteiger partial charge in [-0.2, -0.15) is 0 Å². The van der Waals surface area contributed by atoms with Gasteiger partial charge in [-0.1, -0.05) is 61.5 Å². The molecule has 1 amide bonds. The SMILES string of the molecule is CCc1c(C(=O)C(N)=O)c2c(OCC(=O)OC)cc3ccccc3c2n1Cc1ccccc1. The number of esters is 1. The second-order valence-corrected chi connectivity index (χ2v) is 7.62. The van der Waals surface area contributed by atoms with Gasteiger partial charge in [0.05, 0.1) is 23.6 Å². The van der Waals surface area contributed by atoms with E-state index in [-0.39, 0.29) is 12.2 Å². The molecule has 2 N–H and O–H groups in total. The molecule has 33 heavy (non-hydrogen) atoms. The van der Waals surface area contributed by atoms with E-state index in [0.29, 0.717) is 29.8 Å². The average Bonchev–Trinajstić information content (AvgIpc) is 3.16. The van der Waals surface area contributed by atoms with Crippen LogP contribution in [0.3, 0.4) is 0 Å². The molecule has 7 nitrogen and oxygen atoms in total. The highest BCUT2D eigenvalue weighted by atomic mass is 16.6. The Labute approximate surface area is 190 Å². The van der Waals surface area contributed by atoms with Gasteiger partial charge in [0.15, 0.2) is 6.61 Å². The summed E-state index contributed by atoms with van der Waals surface area (Å²) < 4.78 is 12.6. The minimum absolute atomic E-state index is 0.210. The third kappa shape index (κ3) is 4.05. The van der Waals surface area contributed by atoms with Gasteiger partial charge in [0.1, 0.15) is 5.75 Å². The maximum absolute atomic E-state index is 13.1. The van der Waals surface area contributed by atoms with Crippen molar-refractivity contribution in [3.05, 3.63) is 77.5 Å². The number of ketones is 1. The van der Waals surface area contributed by atoms with Crippen LogP contribution in [0.25, 0.3) is 21.7 Å². The van der Waals surface area contributed by atoms with Crippen molar-refractivity contribution in [3.63, 3.8) is 0 Å². The third-order valence-corrected chi connectivity index (χ3v) is 5.66. The number of benzene rings is 3. The maximum atomic E-state index is 13.1. The first-order valence-electron chi connectivity index (χ1n) is 10.6. The van der Waals surface area contributed by atoms with Gasteiger partial charge < -0.3 is 19.8 Å². The predicted octanol–water partition coefficient (Wildman–Crippen LogP) is 3.63. The highest BCUT2D eigenvalue weighted by Gasteiger charge is 2.29. The Hall–Kier alpha value is -4.13. The zero-order valence-electron chi connectivity index (χ0n) is 18.5. The molecule has 0 saturated heterocycles. The van der Waals surface area contributed by atoms with Crippen molar-refractivity contribution >= 4 is 39.3 Å². The number of carbonyl (C=O) groups excluding carboxylic acids is 3. The number of primary amides is 1. The Morgan fingerprint density at radius 2 is 1.70 bits per heavy atom. The van der Waals surface area contributed by atoms with E-state index in [0.717, 1.165) is 21.9 Å². The molecule has 0 radical (unpaired) electrons. The lowest BCUT2D eigenvalue weighted by Crippen LogP contribution is -2.24. The molecule has 0 aliphatic heterocycles. The molecule has 0 atom stereocenters. The smallest absolute Gasteiger partial charge is 0.343 e. The number of hydrogen-bond acceptors (Lipinski definition) is 5. The Kier molecular flexibility index (Phi) is 6.13. The number of ether oxygens (including phenoxy) is 2. The molecular weight excluding hydrogens is 420 g/mol. The number of fused-ring (bicyclic) bond motifs is 3. The van der Waals surface area contributed by atoms with Gasteiger partial charge in [0.2, 0.25) is 0 Å². The standard InChI is InChI=1S/C26H24N2O5/c1-3-19-22(25(30)26(27)31)23-20(33-15-21(29)32-2)13-17-11-7-8-12-18(17)24(23)28(19)14-16-9-5-4-6-10-16/h4-13H,3,14-15H2,1-2H3,(H2,27,31). The molecule has 1 heterocycles. The third-order valence-electron chi connectivity index (χ3n) is 5.66. The molecule has 0 aliphatic carbocycles. The lowest BCUT2D eigenvalue weighted by atomic mass is 10.0. The quantitative estimate of drug-likeness (QED) is 0.254. The summed E-state index contributed by atoms with van der Waals surface area (Å²) in [4.78, 5) is 36.9. The second-order valence-electron chi connectivity index (χ2n) is 7.62. The van der Waals surface area contributed by atoms with Gasteiger partial charge in [-0.05, 0) is 23.4 Å². The molecule has 7 heteroatoms. The van der Waals surface area contributed by atoms with Crippen molar-refractivity contribution in [1.29, 1.82) is 0 Å². The van der Waals surface area contributed by atoms with Gasteiger partial charge in [0, 0.05) is 17.6 Å². The van der Waals surface area contributed by atoms with Crippen LogP contribution >= 0.6 is 0 Å². The van der Waals surface area contributed by atoms with E-state index in [1.54, 1.807) is 6.07 Å². The first-order valence-corrected chi connectivity index (χ1v) is 10.6. The molecule has 0 aliphatic rings. The van der Waals surface area contributed by atoms with Crippen LogP contribution in [-0.2, 0) is 27.3 Å². The van der Waals surface area contributed by atoms with Crippen molar-refractivity contribution in [1.82, 2.24) is 4.57 Å². The summed E-state index contributed by atoms with van der Waals surface area (Å²) in [6.07, 6.45) is 0.487. The normalized spacial score (nSPS) is 11.0. The van der Waals surface area contributed by atoms with E-state index in [1.807, 2.05) is 66.1 Å². The van der Waals surface area contributed by atoms with E-state index in [9.17, 15) is 14.4 Å². The highest BCUT2D eigenvalue weighted by Crippen LogP contribution is 2.40. The first kappa shape index (κ1) is 22.1. The summed E-state index contributed by atoms with van der Waals surface area (Å²) in [5.74, 6) is -2.07. The lowest BCUT2D eigenvalue weighted by Gasteiger charge is -2.13. The Morgan fingerprint density at radius 3 is 2.36 bits per heavy atom. The number of nitrogens with zero attached hydrogens (tertiary/aromatic N) is 1. The summed E-state index contributed by atoms with van der Waals surface area (Å²) in [7, 11) is 1.27. The number of Topliss-reactive ketones (excluding diaryl/α,β-unsaturated/α-hetero) is 1. The Bertz CT molecular complexity index is 1370. The minimum Gasteiger partial charge on any atom is -0.481 e. The number of aromatic nitrogens is 1. The van der Waals surface area contributed by atoms with Crippen molar-refractivity contribution in [2.24, 2.45) is 5.73 Å². The van der Waals surface area contributed by atoms with Gasteiger partial charge in [0.25, 0.3) is 11.7 Å². The van der Waals surface area contributed by atoms with Gasteiger partial charge in [-0.3, -0.25) is 9.59 Å². The molecule has 0 fully saturated rings. The van der Waals surface area contributed by atoms with Gasteiger partial charge in [-0.25, -0.2) is 4.79 Å². The number of hydrogen-bond donors (Lipinski definition) is 1. The number of nitrogens with two attached hydrogens (primary N) is 1. The van der Waals surface area contributed by atoms with Crippen molar-refractivity contribution in [2.45, 2.75) is 19.9 Å². The van der Waals surface area contributed by atoms with Gasteiger partial charge in [-0.15, -0.1) is 0 Å². The highest BCUT2D eigenvalue weighted by molar-refractivity contribution is 6.45. The molecule has 0 spiro atoms. The summed E-state index contributed by atoms with van der Waals surface area (Å²) in [5.41, 5.74) is 8.11. The van der Waals surface area contributed by atoms with E-state index in [2.05, 4.69) is 0 Å². The zero-order chi connectivity index (χ0) is 23.5. The van der Waals surface area contributed by atoms with E-state index in [1.165, 1.54) is 7.11 Å². The molecule has 0 bridgehead atoms. The number of methoxy groups -OCH3 is 1. The zero-order valence-corrected chi connectivity index (χ0v) is 18.5. The summed E-state index contributed by atoms with van der Waals surface area (Å²) >= 11 is 0. The Morgan fingerprint density at radius 1 is 1.00 bits per heavy atom. The molecule has 0 saturated carbocycles. The van der Waals surface area contributed by atoms with Gasteiger partial charge >= 0.3 is 5.97 Å². The van der Waals surface area contributed by atoms with E-state index >= 15 is 0 Å². The van der Waals surface area contributed by atoms with Crippen molar-refractivity contribution in [2.75, 3.05) is 13.7 Å². The fourth-order valence-electron chi connectivity index (χ4n) is 4.22. The molecule has 4 rings (SSSR count). The maximum Gasteiger partial charge on any atom is 0.343 e. The monoisotopic (exact) mass is 444 g/mol. The van der Waals surface area contributed by atoms with Crippen molar-refractivity contribution < 1.29 is 23.9 Å². The minimum atomic E-state index is -1.05. The van der Waals surface area contributed by atoms with E-state index < -0.39 is 17.7 Å². The molecule has 3 aromatic carbocycles. The summed E-state index contributed by atoms with van der Waals surface area (Å²) in [5, 5.41) is 2.23.